The lowest BCUT2D eigenvalue weighted by Gasteiger charge is -2.37. The number of fused-ring (bicyclic) bond motifs is 2. The summed E-state index contributed by atoms with van der Waals surface area (Å²) in [5.74, 6) is -9.45. The second-order valence-corrected chi connectivity index (χ2v) is 30.1. The number of imide groups is 1. The number of benzene rings is 2. The van der Waals surface area contributed by atoms with Gasteiger partial charge in [0.2, 0.25) is 17.7 Å². The number of carbonyl (C=O) groups excluding carboxylic acids is 7. The molecule has 5 heterocycles. The summed E-state index contributed by atoms with van der Waals surface area (Å²) in [7, 11) is 3.75. The van der Waals surface area contributed by atoms with Gasteiger partial charge in [-0.1, -0.05) is 23.3 Å². The first kappa shape index (κ1) is 77.8. The minimum atomic E-state index is -5.25. The summed E-state index contributed by atoms with van der Waals surface area (Å²) in [5.41, 5.74) is 3.16. The van der Waals surface area contributed by atoms with E-state index in [2.05, 4.69) is 57.8 Å². The first-order valence-corrected chi connectivity index (χ1v) is 35.6. The van der Waals surface area contributed by atoms with Crippen LogP contribution in [0.1, 0.15) is 73.1 Å². The van der Waals surface area contributed by atoms with Gasteiger partial charge in [-0.2, -0.15) is 0 Å². The number of aliphatic hydroxyl groups is 1. The Hall–Kier alpha value is -8.56. The molecule has 3 aliphatic rings. The molecule has 1 saturated heterocycles. The number of aryl methyl sites for hydroxylation is 1. The zero-order valence-electron chi connectivity index (χ0n) is 56.0. The third kappa shape index (κ3) is 22.5. The number of aromatic nitrogens is 1. The molecule has 4 aromatic rings. The topological polar surface area (TPSA) is 398 Å². The minimum Gasteiger partial charge on any atom is -0.748 e. The summed E-state index contributed by atoms with van der Waals surface area (Å²) in [5, 5.41) is 32.6. The van der Waals surface area contributed by atoms with Gasteiger partial charge in [0.1, 0.15) is 48.9 Å². The van der Waals surface area contributed by atoms with Crippen molar-refractivity contribution < 1.29 is 116 Å². The zero-order valence-corrected chi connectivity index (χ0v) is 58.4. The fourth-order valence-electron chi connectivity index (χ4n) is 11.4. The molecule has 31 nitrogen and oxygen atoms in total. The number of quaternary nitrogens is 3. The molecule has 7 rings (SSSR count). The number of hydrogen-bond acceptors (Lipinski definition) is 21. The van der Waals surface area contributed by atoms with Crippen molar-refractivity contribution in [3.8, 4) is 22.1 Å². The summed E-state index contributed by atoms with van der Waals surface area (Å²) in [6.07, 6.45) is 5.25. The quantitative estimate of drug-likeness (QED) is 0.00688. The minimum absolute atomic E-state index is 0.0329. The predicted molar refractivity (Wildman–Crippen MR) is 353 cm³/mol. The standard InChI is InChI=1S/C62H82BF2N11O20S3/c1-40(95-62(84)96-73-58(80)21-22-59(73)81)47-31-44(36-77)54(34-52(47)74(85)86)93-28-25-70(2)24-23-66-60(82)48(38-98(87,88)89)68-56(78)35-67-61(83)49(39-99(90,91)92)69-57(79)37-94-46-19-16-41(17-20-46)15-18-45-30-42(12-9-26-75(3,4)5)50-33-51-43(13-10-27-76(6,7)8)32-53(55-14-11-29-97-55)72(51)63(64,65)71(45)50/h11,14-20,29-32,34,40,48-50,77H,9-10,12-13,21-28,33,35-39H2,1-8H3,(H4-2,66,67,68,69,78,79,82,83,87,88,89,90,91,92)/p+1/b18-15+. The number of allylic oxidation sites excluding steroid dienone is 2. The van der Waals surface area contributed by atoms with Crippen LogP contribution >= 0.6 is 11.3 Å². The Kier molecular flexibility index (Phi) is 26.0. The van der Waals surface area contributed by atoms with Gasteiger partial charge in [-0.05, 0) is 83.9 Å². The third-order valence-electron chi connectivity index (χ3n) is 16.3. The van der Waals surface area contributed by atoms with Gasteiger partial charge in [0.05, 0.1) is 137 Å². The van der Waals surface area contributed by atoms with Gasteiger partial charge in [-0.3, -0.25) is 43.7 Å². The number of amides is 6. The van der Waals surface area contributed by atoms with Crippen molar-refractivity contribution in [3.63, 3.8) is 0 Å². The van der Waals surface area contributed by atoms with Gasteiger partial charge in [-0.15, -0.1) is 11.3 Å². The number of halogens is 2. The highest BCUT2D eigenvalue weighted by Crippen LogP contribution is 2.42. The number of ether oxygens (including phenoxy) is 3. The number of hydrogen-bond donors (Lipinski definition) is 6. The van der Waals surface area contributed by atoms with Crippen LogP contribution in [0.4, 0.5) is 19.1 Å². The summed E-state index contributed by atoms with van der Waals surface area (Å²) >= 11 is 1.41. The molecule has 5 atom stereocenters. The fourth-order valence-corrected chi connectivity index (χ4v) is 13.5. The lowest BCUT2D eigenvalue weighted by atomic mass is 9.83. The second kappa shape index (κ2) is 33.1. The maximum Gasteiger partial charge on any atom is 0.732 e. The summed E-state index contributed by atoms with van der Waals surface area (Å²) in [4.78, 5) is 106. The molecule has 0 bridgehead atoms. The van der Waals surface area contributed by atoms with Crippen LogP contribution in [0.5, 0.6) is 11.5 Å². The van der Waals surface area contributed by atoms with Gasteiger partial charge in [0, 0.05) is 60.4 Å². The van der Waals surface area contributed by atoms with Gasteiger partial charge < -0.3 is 81.2 Å². The van der Waals surface area contributed by atoms with Crippen molar-refractivity contribution >= 4 is 97.6 Å². The Bertz CT molecular complexity index is 3990. The summed E-state index contributed by atoms with van der Waals surface area (Å²) < 4.78 is 127. The molecular formula is C62H83BF2N11O20S3+. The first-order chi connectivity index (χ1) is 46.3. The molecular weight excluding hydrogens is 1360 g/mol. The molecule has 0 radical (unpaired) electrons. The van der Waals surface area contributed by atoms with Gasteiger partial charge in [0.25, 0.3) is 23.4 Å². The van der Waals surface area contributed by atoms with Crippen LogP contribution < -0.4 is 35.6 Å². The monoisotopic (exact) mass is 1450 g/mol. The molecule has 0 aliphatic carbocycles. The Labute approximate surface area is 575 Å². The molecule has 0 saturated carbocycles. The highest BCUT2D eigenvalue weighted by atomic mass is 32.2. The smallest absolute Gasteiger partial charge is 0.732 e. The molecule has 37 heteroatoms. The van der Waals surface area contributed by atoms with Crippen LogP contribution in [-0.2, 0) is 78.0 Å². The van der Waals surface area contributed by atoms with Crippen molar-refractivity contribution in [1.29, 1.82) is 0 Å². The van der Waals surface area contributed by atoms with Crippen LogP contribution in [-0.4, -0.2) is 245 Å². The summed E-state index contributed by atoms with van der Waals surface area (Å²) in [6.45, 7) is -4.14. The SMILES string of the molecule is CC(OC(=O)ON1C(=O)CCC1=O)c1cc(CO)c(OCC[NH+](C)CCNC(=O)C(CS(=O)(=O)[O-])NC(=O)CNC(=O)C(CS(=O)(=O)[O-])NC(=O)COc2ccc(/C=C/C3=[N+]4C(Cc5c(CCC[N+](C)(C)C)cc(-c6cccs6)n5[B-]4(F)F)C(CCC[N+](C)(C)C)=C3)cc2)cc1[N+](=O)[O-]. The van der Waals surface area contributed by atoms with E-state index in [1.165, 1.54) is 39.4 Å². The molecule has 1 fully saturated rings. The molecule has 3 aliphatic heterocycles. The number of thiophene rings is 1. The Morgan fingerprint density at radius 2 is 1.46 bits per heavy atom. The number of aliphatic hydroxyl groups excluding tert-OH is 1. The molecule has 540 valence electrons. The molecule has 99 heavy (non-hydrogen) atoms. The highest BCUT2D eigenvalue weighted by Gasteiger charge is 2.57. The Balaban J connectivity index is 0.911. The van der Waals surface area contributed by atoms with Gasteiger partial charge in [0.15, 0.2) is 12.3 Å². The van der Waals surface area contributed by atoms with Crippen molar-refractivity contribution in [2.45, 2.75) is 82.7 Å². The van der Waals surface area contributed by atoms with E-state index in [9.17, 15) is 74.7 Å². The first-order valence-electron chi connectivity index (χ1n) is 31.6. The van der Waals surface area contributed by atoms with Gasteiger partial charge >= 0.3 is 13.1 Å². The number of nitro benzene ring substituents is 1. The average Bonchev–Trinajstić information content (AvgIpc) is 1.56. The Morgan fingerprint density at radius 1 is 0.848 bits per heavy atom. The van der Waals surface area contributed by atoms with E-state index in [-0.39, 0.29) is 66.8 Å². The number of nitrogens with one attached hydrogen (secondary N) is 5. The van der Waals surface area contributed by atoms with E-state index in [1.807, 2.05) is 40.3 Å². The lowest BCUT2D eigenvalue weighted by molar-refractivity contribution is -0.878. The van der Waals surface area contributed by atoms with E-state index < -0.39 is 135 Å². The van der Waals surface area contributed by atoms with E-state index >= 15 is 8.63 Å². The third-order valence-corrected chi connectivity index (χ3v) is 18.6. The largest absolute Gasteiger partial charge is 0.748 e. The number of likely N-dealkylation sites (N-methyl/N-ethyl adjacent to an activating group) is 1. The van der Waals surface area contributed by atoms with Crippen LogP contribution in [0.25, 0.3) is 16.6 Å². The zero-order chi connectivity index (χ0) is 73.0. The van der Waals surface area contributed by atoms with Crippen molar-refractivity contribution in [2.24, 2.45) is 0 Å². The van der Waals surface area contributed by atoms with Crippen molar-refractivity contribution in [2.75, 3.05) is 113 Å². The van der Waals surface area contributed by atoms with Crippen LogP contribution in [0, 0.1) is 10.1 Å². The molecule has 2 aromatic heterocycles. The van der Waals surface area contributed by atoms with E-state index in [0.29, 0.717) is 51.3 Å². The maximum atomic E-state index is 17.6. The average molecular weight is 1450 g/mol. The summed E-state index contributed by atoms with van der Waals surface area (Å²) in [6, 6.07) is 9.24. The lowest BCUT2D eigenvalue weighted by Crippen LogP contribution is -3.10. The van der Waals surface area contributed by atoms with Crippen molar-refractivity contribution in [1.82, 2.24) is 30.8 Å². The van der Waals surface area contributed by atoms with Gasteiger partial charge in [-0.25, -0.2) is 21.6 Å². The molecule has 5 unspecified atom stereocenters. The van der Waals surface area contributed by atoms with Crippen LogP contribution in [0.3, 0.4) is 0 Å². The number of nitrogens with zero attached hydrogens (tertiary/aromatic N) is 6. The molecule has 6 amide bonds. The Morgan fingerprint density at radius 3 is 2.05 bits per heavy atom. The van der Waals surface area contributed by atoms with Crippen LogP contribution in [0.2, 0.25) is 0 Å². The van der Waals surface area contributed by atoms with E-state index in [0.717, 1.165) is 58.6 Å². The number of carbonyl (C=O) groups is 7. The molecule has 6 N–H and O–H groups in total. The molecule has 0 spiro atoms. The number of nitro groups is 1. The van der Waals surface area contributed by atoms with E-state index in [4.69, 9.17) is 14.2 Å². The normalized spacial score (nSPS) is 16.7. The van der Waals surface area contributed by atoms with Crippen LogP contribution in [0.15, 0.2) is 77.7 Å². The highest BCUT2D eigenvalue weighted by molar-refractivity contribution is 7.86. The predicted octanol–water partition coefficient (Wildman–Crippen LogP) is 0.540. The fraction of sp³-hybridized carbons (Fsp3) is 0.484. The molecule has 2 aromatic carbocycles. The number of hydroxylamine groups is 2. The maximum absolute atomic E-state index is 17.6. The number of rotatable bonds is 36. The van der Waals surface area contributed by atoms with Crippen molar-refractivity contribution in [3.05, 3.63) is 116 Å². The van der Waals surface area contributed by atoms with E-state index in [1.54, 1.807) is 31.3 Å². The second-order valence-electron chi connectivity index (χ2n) is 26.3.